The largest absolute Gasteiger partial charge is 0.485 e. The molecule has 29 heavy (non-hydrogen) atoms. The highest BCUT2D eigenvalue weighted by Crippen LogP contribution is 2.39. The van der Waals surface area contributed by atoms with Crippen molar-refractivity contribution >= 4 is 5.91 Å². The zero-order valence-electron chi connectivity index (χ0n) is 15.8. The van der Waals surface area contributed by atoms with Gasteiger partial charge in [-0.25, -0.2) is 4.39 Å². The molecule has 0 spiro atoms. The van der Waals surface area contributed by atoms with Crippen LogP contribution in [-0.2, 0) is 16.1 Å². The maximum atomic E-state index is 13.0. The van der Waals surface area contributed by atoms with Crippen molar-refractivity contribution in [2.45, 2.75) is 25.7 Å². The number of morpholine rings is 1. The van der Waals surface area contributed by atoms with Crippen LogP contribution >= 0.6 is 0 Å². The highest BCUT2D eigenvalue weighted by molar-refractivity contribution is 5.78. The minimum Gasteiger partial charge on any atom is -0.485 e. The number of hydrogen-bond donors (Lipinski definition) is 0. The Morgan fingerprint density at radius 2 is 1.93 bits per heavy atom. The predicted molar refractivity (Wildman–Crippen MR) is 100 cm³/mol. The van der Waals surface area contributed by atoms with Crippen molar-refractivity contribution in [3.8, 4) is 5.75 Å². The molecule has 4 rings (SSSR count). The maximum absolute atomic E-state index is 13.0. The third-order valence-electron chi connectivity index (χ3n) is 4.72. The number of ether oxygens (including phenoxy) is 2. The van der Waals surface area contributed by atoms with E-state index in [9.17, 15) is 9.18 Å². The summed E-state index contributed by atoms with van der Waals surface area (Å²) in [6.07, 6.45) is -0.581. The maximum Gasteiger partial charge on any atom is 0.258 e. The Morgan fingerprint density at radius 1 is 1.17 bits per heavy atom. The summed E-state index contributed by atoms with van der Waals surface area (Å²) >= 11 is 0. The predicted octanol–water partition coefficient (Wildman–Crippen LogP) is 3.45. The molecule has 1 aliphatic heterocycles. The number of benzene rings is 2. The third-order valence-corrected chi connectivity index (χ3v) is 4.72. The molecule has 0 radical (unpaired) electrons. The highest BCUT2D eigenvalue weighted by Gasteiger charge is 2.41. The van der Waals surface area contributed by atoms with Crippen LogP contribution in [0.5, 0.6) is 5.75 Å². The molecule has 0 bridgehead atoms. The van der Waals surface area contributed by atoms with E-state index >= 15 is 0 Å². The van der Waals surface area contributed by atoms with Crippen LogP contribution in [0.15, 0.2) is 59.1 Å². The molecule has 1 saturated heterocycles. The van der Waals surface area contributed by atoms with E-state index in [1.807, 2.05) is 37.3 Å². The first-order valence-corrected chi connectivity index (χ1v) is 9.32. The number of nitrogens with zero attached hydrogens (tertiary/aromatic N) is 3. The summed E-state index contributed by atoms with van der Waals surface area (Å²) in [6, 6.07) is 14.9. The molecule has 1 amide bonds. The summed E-state index contributed by atoms with van der Waals surface area (Å²) in [5.41, 5.74) is 0.926. The Hall–Kier alpha value is -3.26. The summed E-state index contributed by atoms with van der Waals surface area (Å²) in [7, 11) is 0. The van der Waals surface area contributed by atoms with Crippen LogP contribution in [0.4, 0.5) is 4.39 Å². The van der Waals surface area contributed by atoms with Gasteiger partial charge in [-0.1, -0.05) is 35.5 Å². The molecule has 1 aliphatic rings. The summed E-state index contributed by atoms with van der Waals surface area (Å²) in [4.78, 5) is 18.5. The molecule has 150 valence electrons. The van der Waals surface area contributed by atoms with E-state index < -0.39 is 6.10 Å². The lowest BCUT2D eigenvalue weighted by Crippen LogP contribution is -2.45. The van der Waals surface area contributed by atoms with E-state index in [1.54, 1.807) is 4.90 Å². The van der Waals surface area contributed by atoms with E-state index in [-0.39, 0.29) is 36.9 Å². The average molecular weight is 397 g/mol. The average Bonchev–Trinajstić information content (AvgIpc) is 3.22. The smallest absolute Gasteiger partial charge is 0.258 e. The standard InChI is InChI=1S/C21H20FN3O4/c1-2-25-18(26)13-28-20(19(25)14-6-4-3-5-7-14)21-23-17(24-29-21)12-27-16-10-8-15(22)9-11-16/h3-11,19-20H,2,12-13H2,1H3/t19-,20+/m1/s1. The SMILES string of the molecule is CCN1C(=O)CO[C@H](c2nc(COc3ccc(F)cc3)no2)[C@H]1c1ccccc1. The lowest BCUT2D eigenvalue weighted by atomic mass is 9.97. The number of halogens is 1. The van der Waals surface area contributed by atoms with Crippen molar-refractivity contribution in [1.29, 1.82) is 0 Å². The van der Waals surface area contributed by atoms with Gasteiger partial charge in [0.1, 0.15) is 18.2 Å². The number of amides is 1. The molecule has 2 heterocycles. The lowest BCUT2D eigenvalue weighted by molar-refractivity contribution is -0.160. The summed E-state index contributed by atoms with van der Waals surface area (Å²) in [6.45, 7) is 2.47. The Balaban J connectivity index is 1.54. The number of rotatable bonds is 6. The van der Waals surface area contributed by atoms with Crippen molar-refractivity contribution in [2.24, 2.45) is 0 Å². The summed E-state index contributed by atoms with van der Waals surface area (Å²) < 4.78 is 29.8. The van der Waals surface area contributed by atoms with Crippen LogP contribution < -0.4 is 4.74 Å². The van der Waals surface area contributed by atoms with Crippen LogP contribution in [0, 0.1) is 5.82 Å². The van der Waals surface area contributed by atoms with Crippen molar-refractivity contribution in [1.82, 2.24) is 15.0 Å². The van der Waals surface area contributed by atoms with Gasteiger partial charge in [0.25, 0.3) is 5.89 Å². The zero-order valence-corrected chi connectivity index (χ0v) is 15.8. The van der Waals surface area contributed by atoms with E-state index in [4.69, 9.17) is 14.0 Å². The summed E-state index contributed by atoms with van der Waals surface area (Å²) in [5, 5.41) is 3.95. The molecule has 1 aromatic heterocycles. The number of carbonyl (C=O) groups is 1. The molecule has 7 nitrogen and oxygen atoms in total. The molecule has 3 aromatic rings. The van der Waals surface area contributed by atoms with Gasteiger partial charge in [-0.3, -0.25) is 4.79 Å². The monoisotopic (exact) mass is 397 g/mol. The number of hydrogen-bond acceptors (Lipinski definition) is 6. The number of aromatic nitrogens is 2. The van der Waals surface area contributed by atoms with Gasteiger partial charge in [-0.15, -0.1) is 0 Å². The van der Waals surface area contributed by atoms with Crippen LogP contribution in [0.2, 0.25) is 0 Å². The van der Waals surface area contributed by atoms with Crippen LogP contribution in [0.25, 0.3) is 0 Å². The quantitative estimate of drug-likeness (QED) is 0.634. The zero-order chi connectivity index (χ0) is 20.2. The fraction of sp³-hybridized carbons (Fsp3) is 0.286. The highest BCUT2D eigenvalue weighted by atomic mass is 19.1. The minimum atomic E-state index is -0.581. The second-order valence-corrected chi connectivity index (χ2v) is 6.56. The minimum absolute atomic E-state index is 0.0500. The third kappa shape index (κ3) is 4.12. The van der Waals surface area contributed by atoms with Gasteiger partial charge < -0.3 is 18.9 Å². The fourth-order valence-corrected chi connectivity index (χ4v) is 3.36. The Morgan fingerprint density at radius 3 is 2.66 bits per heavy atom. The molecular weight excluding hydrogens is 377 g/mol. The molecule has 2 aromatic carbocycles. The molecule has 0 unspecified atom stereocenters. The van der Waals surface area contributed by atoms with Gasteiger partial charge in [0.05, 0.1) is 6.04 Å². The molecule has 8 heteroatoms. The Kier molecular flexibility index (Phi) is 5.53. The number of carbonyl (C=O) groups excluding carboxylic acids is 1. The summed E-state index contributed by atoms with van der Waals surface area (Å²) in [5.74, 6) is 0.686. The molecule has 2 atom stereocenters. The van der Waals surface area contributed by atoms with Crippen molar-refractivity contribution in [3.63, 3.8) is 0 Å². The van der Waals surface area contributed by atoms with Gasteiger partial charge in [-0.05, 0) is 36.8 Å². The molecule has 0 N–H and O–H groups in total. The first-order valence-electron chi connectivity index (χ1n) is 9.32. The first kappa shape index (κ1) is 19.1. The van der Waals surface area contributed by atoms with E-state index in [2.05, 4.69) is 10.1 Å². The van der Waals surface area contributed by atoms with Gasteiger partial charge in [0, 0.05) is 6.54 Å². The van der Waals surface area contributed by atoms with Crippen molar-refractivity contribution in [3.05, 3.63) is 77.7 Å². The Bertz CT molecular complexity index is 962. The molecule has 0 aliphatic carbocycles. The van der Waals surface area contributed by atoms with Crippen LogP contribution in [0.3, 0.4) is 0 Å². The van der Waals surface area contributed by atoms with Crippen molar-refractivity contribution < 1.29 is 23.2 Å². The van der Waals surface area contributed by atoms with Crippen LogP contribution in [-0.4, -0.2) is 34.1 Å². The van der Waals surface area contributed by atoms with E-state index in [1.165, 1.54) is 24.3 Å². The van der Waals surface area contributed by atoms with Crippen molar-refractivity contribution in [2.75, 3.05) is 13.2 Å². The normalized spacial score (nSPS) is 19.4. The second-order valence-electron chi connectivity index (χ2n) is 6.56. The Labute approximate surface area is 167 Å². The first-order chi connectivity index (χ1) is 14.2. The molecule has 1 fully saturated rings. The number of likely N-dealkylation sites (N-methyl/N-ethyl adjacent to an activating group) is 1. The van der Waals surface area contributed by atoms with Gasteiger partial charge >= 0.3 is 0 Å². The van der Waals surface area contributed by atoms with Gasteiger partial charge in [-0.2, -0.15) is 4.98 Å². The van der Waals surface area contributed by atoms with E-state index in [0.717, 1.165) is 5.56 Å². The second kappa shape index (κ2) is 8.40. The molecule has 0 saturated carbocycles. The lowest BCUT2D eigenvalue weighted by Gasteiger charge is -2.39. The fourth-order valence-electron chi connectivity index (χ4n) is 3.36. The topological polar surface area (TPSA) is 77.7 Å². The van der Waals surface area contributed by atoms with Crippen LogP contribution in [0.1, 0.15) is 36.3 Å². The van der Waals surface area contributed by atoms with E-state index in [0.29, 0.717) is 18.1 Å². The van der Waals surface area contributed by atoms with Gasteiger partial charge in [0.2, 0.25) is 11.7 Å². The molecular formula is C21H20FN3O4. The van der Waals surface area contributed by atoms with Gasteiger partial charge in [0.15, 0.2) is 12.7 Å².